The van der Waals surface area contributed by atoms with E-state index < -0.39 is 0 Å². The molecule has 0 spiro atoms. The minimum Gasteiger partial charge on any atom is -0.383 e. The lowest BCUT2D eigenvalue weighted by Crippen LogP contribution is -2.02. The Hall–Kier alpha value is -0.840. The summed E-state index contributed by atoms with van der Waals surface area (Å²) in [5.74, 6) is 0.882. The zero-order valence-electron chi connectivity index (χ0n) is 9.54. The number of nitrogens with zero attached hydrogens (tertiary/aromatic N) is 2. The number of halogens is 3. The number of nitrogen functional groups attached to an aromatic ring is 1. The molecule has 1 heterocycles. The van der Waals surface area contributed by atoms with E-state index in [9.17, 15) is 0 Å². The van der Waals surface area contributed by atoms with Gasteiger partial charge in [0.15, 0.2) is 5.82 Å². The largest absolute Gasteiger partial charge is 0.383 e. The number of aromatic nitrogens is 2. The molecule has 0 fully saturated rings. The van der Waals surface area contributed by atoms with Gasteiger partial charge < -0.3 is 5.73 Å². The zero-order valence-corrected chi connectivity index (χ0v) is 12.6. The van der Waals surface area contributed by atoms with E-state index in [1.165, 1.54) is 0 Å². The predicted molar refractivity (Wildman–Crippen MR) is 79.0 cm³/mol. The van der Waals surface area contributed by atoms with Crippen molar-refractivity contribution in [2.75, 3.05) is 5.73 Å². The maximum atomic E-state index is 6.15. The van der Waals surface area contributed by atoms with Crippen LogP contribution in [0.4, 0.5) is 5.82 Å². The summed E-state index contributed by atoms with van der Waals surface area (Å²) in [5.41, 5.74) is 7.37. The van der Waals surface area contributed by atoms with E-state index >= 15 is 0 Å². The van der Waals surface area contributed by atoms with Crippen LogP contribution in [0.1, 0.15) is 12.6 Å². The maximum Gasteiger partial charge on any atom is 0.163 e. The fraction of sp³-hybridized carbons (Fsp3) is 0.167. The van der Waals surface area contributed by atoms with Gasteiger partial charge in [0.25, 0.3) is 0 Å². The third kappa shape index (κ3) is 2.46. The highest BCUT2D eigenvalue weighted by Crippen LogP contribution is 2.33. The van der Waals surface area contributed by atoms with Crippen molar-refractivity contribution in [3.8, 4) is 11.4 Å². The molecule has 1 aromatic carbocycles. The van der Waals surface area contributed by atoms with E-state index in [2.05, 4.69) is 25.9 Å². The van der Waals surface area contributed by atoms with Gasteiger partial charge in [-0.2, -0.15) is 0 Å². The summed E-state index contributed by atoms with van der Waals surface area (Å²) >= 11 is 15.5. The molecule has 6 heteroatoms. The molecular formula is C12H10BrCl2N3. The van der Waals surface area contributed by atoms with Crippen molar-refractivity contribution in [3.63, 3.8) is 0 Å². The van der Waals surface area contributed by atoms with Crippen molar-refractivity contribution >= 4 is 44.9 Å². The monoisotopic (exact) mass is 345 g/mol. The highest BCUT2D eigenvalue weighted by atomic mass is 79.9. The molecule has 0 radical (unpaired) electrons. The highest BCUT2D eigenvalue weighted by molar-refractivity contribution is 9.10. The smallest absolute Gasteiger partial charge is 0.163 e. The van der Waals surface area contributed by atoms with Crippen LogP contribution in [0, 0.1) is 0 Å². The van der Waals surface area contributed by atoms with Crippen molar-refractivity contribution < 1.29 is 0 Å². The van der Waals surface area contributed by atoms with E-state index in [0.29, 0.717) is 27.3 Å². The Morgan fingerprint density at radius 1 is 1.28 bits per heavy atom. The van der Waals surface area contributed by atoms with Crippen LogP contribution in [0.25, 0.3) is 11.4 Å². The highest BCUT2D eigenvalue weighted by Gasteiger charge is 2.13. The first kappa shape index (κ1) is 13.6. The summed E-state index contributed by atoms with van der Waals surface area (Å²) in [6, 6.07) is 5.34. The van der Waals surface area contributed by atoms with Gasteiger partial charge in [0.05, 0.1) is 20.2 Å². The molecule has 0 aliphatic carbocycles. The Bertz CT molecular complexity index is 602. The van der Waals surface area contributed by atoms with Gasteiger partial charge in [0.2, 0.25) is 0 Å². The second-order valence-corrected chi connectivity index (χ2v) is 5.23. The van der Waals surface area contributed by atoms with Crippen LogP contribution in [0.5, 0.6) is 0 Å². The summed E-state index contributed by atoms with van der Waals surface area (Å²) in [4.78, 5) is 8.67. The first-order chi connectivity index (χ1) is 8.54. The minimum atomic E-state index is 0.396. The number of hydrogen-bond acceptors (Lipinski definition) is 3. The molecule has 0 aliphatic heterocycles. The normalized spacial score (nSPS) is 10.7. The summed E-state index contributed by atoms with van der Waals surface area (Å²) in [7, 11) is 0. The number of rotatable bonds is 2. The second kappa shape index (κ2) is 5.43. The molecule has 18 heavy (non-hydrogen) atoms. The van der Waals surface area contributed by atoms with Crippen LogP contribution in [0.3, 0.4) is 0 Å². The molecule has 0 bridgehead atoms. The summed E-state index contributed by atoms with van der Waals surface area (Å²) < 4.78 is 0.729. The molecule has 0 aliphatic rings. The lowest BCUT2D eigenvalue weighted by molar-refractivity contribution is 0.996. The molecule has 0 atom stereocenters. The number of anilines is 1. The van der Waals surface area contributed by atoms with Gasteiger partial charge in [-0.1, -0.05) is 36.2 Å². The predicted octanol–water partition coefficient (Wildman–Crippen LogP) is 4.36. The van der Waals surface area contributed by atoms with Crippen molar-refractivity contribution in [1.29, 1.82) is 0 Å². The quantitative estimate of drug-likeness (QED) is 0.878. The lowest BCUT2D eigenvalue weighted by Gasteiger charge is -2.09. The molecule has 2 rings (SSSR count). The molecule has 0 saturated heterocycles. The molecule has 2 aromatic rings. The molecular weight excluding hydrogens is 337 g/mol. The Balaban J connectivity index is 2.64. The number of aryl methyl sites for hydroxylation is 1. The zero-order chi connectivity index (χ0) is 13.3. The van der Waals surface area contributed by atoms with Crippen LogP contribution < -0.4 is 5.73 Å². The minimum absolute atomic E-state index is 0.396. The Morgan fingerprint density at radius 2 is 2.00 bits per heavy atom. The number of nitrogens with two attached hydrogens (primary N) is 1. The SMILES string of the molecule is CCc1nc(-c2cccc(Cl)c2Cl)nc(N)c1Br. The lowest BCUT2D eigenvalue weighted by atomic mass is 10.2. The van der Waals surface area contributed by atoms with Crippen LogP contribution in [-0.4, -0.2) is 9.97 Å². The molecule has 0 amide bonds. The van der Waals surface area contributed by atoms with E-state index in [1.807, 2.05) is 13.0 Å². The fourth-order valence-electron chi connectivity index (χ4n) is 1.54. The molecule has 2 N–H and O–H groups in total. The van der Waals surface area contributed by atoms with Crippen LogP contribution in [0.2, 0.25) is 10.0 Å². The standard InChI is InChI=1S/C12H10BrCl2N3/c1-2-8-9(13)11(16)18-12(17-8)6-4-3-5-7(14)10(6)15/h3-5H,2H2,1H3,(H2,16,17,18). The third-order valence-corrected chi connectivity index (χ3v) is 4.16. The topological polar surface area (TPSA) is 51.8 Å². The van der Waals surface area contributed by atoms with Gasteiger partial charge in [0, 0.05) is 5.56 Å². The van der Waals surface area contributed by atoms with Crippen molar-refractivity contribution in [3.05, 3.63) is 38.4 Å². The van der Waals surface area contributed by atoms with Crippen LogP contribution in [-0.2, 0) is 6.42 Å². The Kier molecular flexibility index (Phi) is 4.10. The van der Waals surface area contributed by atoms with Crippen molar-refractivity contribution in [1.82, 2.24) is 9.97 Å². The van der Waals surface area contributed by atoms with Gasteiger partial charge in [0.1, 0.15) is 5.82 Å². The van der Waals surface area contributed by atoms with Crippen molar-refractivity contribution in [2.24, 2.45) is 0 Å². The third-order valence-electron chi connectivity index (χ3n) is 2.47. The second-order valence-electron chi connectivity index (χ2n) is 3.65. The average molecular weight is 347 g/mol. The molecule has 1 aromatic heterocycles. The van der Waals surface area contributed by atoms with E-state index in [0.717, 1.165) is 16.6 Å². The Labute approximate surface area is 123 Å². The first-order valence-electron chi connectivity index (χ1n) is 5.30. The first-order valence-corrected chi connectivity index (χ1v) is 6.85. The molecule has 94 valence electrons. The maximum absolute atomic E-state index is 6.15. The van der Waals surface area contributed by atoms with Gasteiger partial charge in [-0.3, -0.25) is 0 Å². The van der Waals surface area contributed by atoms with E-state index in [1.54, 1.807) is 12.1 Å². The number of benzene rings is 1. The molecule has 0 saturated carbocycles. The van der Waals surface area contributed by atoms with Gasteiger partial charge >= 0.3 is 0 Å². The van der Waals surface area contributed by atoms with Crippen LogP contribution in [0.15, 0.2) is 22.7 Å². The molecule has 0 unspecified atom stereocenters. The molecule has 3 nitrogen and oxygen atoms in total. The fourth-order valence-corrected chi connectivity index (χ4v) is 2.39. The van der Waals surface area contributed by atoms with Gasteiger partial charge in [-0.25, -0.2) is 9.97 Å². The summed E-state index contributed by atoms with van der Waals surface area (Å²) in [6.07, 6.45) is 0.749. The summed E-state index contributed by atoms with van der Waals surface area (Å²) in [5, 5.41) is 0.903. The summed E-state index contributed by atoms with van der Waals surface area (Å²) in [6.45, 7) is 2.00. The van der Waals surface area contributed by atoms with E-state index in [-0.39, 0.29) is 0 Å². The van der Waals surface area contributed by atoms with E-state index in [4.69, 9.17) is 28.9 Å². The van der Waals surface area contributed by atoms with Gasteiger partial charge in [-0.05, 0) is 34.5 Å². The Morgan fingerprint density at radius 3 is 2.67 bits per heavy atom. The van der Waals surface area contributed by atoms with Crippen molar-refractivity contribution in [2.45, 2.75) is 13.3 Å². The average Bonchev–Trinajstić information content (AvgIpc) is 2.36. The van der Waals surface area contributed by atoms with Crippen LogP contribution >= 0.6 is 39.1 Å². The number of hydrogen-bond donors (Lipinski definition) is 1. The van der Waals surface area contributed by atoms with Gasteiger partial charge in [-0.15, -0.1) is 0 Å².